The Morgan fingerprint density at radius 1 is 1.37 bits per heavy atom. The first kappa shape index (κ1) is 23.6. The van der Waals surface area contributed by atoms with Crippen LogP contribution in [0.2, 0.25) is 0 Å². The minimum absolute atomic E-state index is 0.00458. The van der Waals surface area contributed by atoms with Crippen LogP contribution in [-0.2, 0) is 6.54 Å². The molecule has 0 aromatic carbocycles. The summed E-state index contributed by atoms with van der Waals surface area (Å²) >= 11 is 0. The maximum absolute atomic E-state index is 9.47. The van der Waals surface area contributed by atoms with E-state index in [1.54, 1.807) is 0 Å². The molecule has 1 aromatic rings. The van der Waals surface area contributed by atoms with Gasteiger partial charge in [0.2, 0.25) is 0 Å². The van der Waals surface area contributed by atoms with E-state index in [1.807, 2.05) is 44.5 Å². The average Bonchev–Trinajstić information content (AvgIpc) is 3.24. The van der Waals surface area contributed by atoms with Crippen LogP contribution in [0.3, 0.4) is 0 Å². The van der Waals surface area contributed by atoms with E-state index in [4.69, 9.17) is 4.98 Å². The summed E-state index contributed by atoms with van der Waals surface area (Å²) in [6.07, 6.45) is 6.83. The molecule has 0 aliphatic carbocycles. The Hall–Kier alpha value is -2.72. The molecule has 30 heavy (non-hydrogen) atoms. The summed E-state index contributed by atoms with van der Waals surface area (Å²) < 4.78 is 0. The summed E-state index contributed by atoms with van der Waals surface area (Å²) in [5.41, 5.74) is 1.98. The third-order valence-corrected chi connectivity index (χ3v) is 5.91. The van der Waals surface area contributed by atoms with Crippen LogP contribution < -0.4 is 15.1 Å². The number of nitrogens with one attached hydrogen (secondary N) is 1. The van der Waals surface area contributed by atoms with E-state index in [9.17, 15) is 5.26 Å². The Kier molecular flexibility index (Phi) is 8.55. The molecule has 1 unspecified atom stereocenters. The fraction of sp³-hybridized carbons (Fsp3) is 0.565. The number of nitriles is 1. The second-order valence-corrected chi connectivity index (χ2v) is 8.26. The molecule has 1 aliphatic rings. The maximum Gasteiger partial charge on any atom is 0.129 e. The number of aromatic nitrogens is 1. The van der Waals surface area contributed by atoms with Crippen LogP contribution in [-0.4, -0.2) is 68.1 Å². The molecule has 1 aromatic heterocycles. The first-order chi connectivity index (χ1) is 14.3. The number of rotatable bonds is 10. The third-order valence-electron chi connectivity index (χ3n) is 5.91. The molecule has 1 saturated heterocycles. The van der Waals surface area contributed by atoms with Gasteiger partial charge in [-0.15, -0.1) is 0 Å². The predicted octanol–water partition coefficient (Wildman–Crippen LogP) is 2.84. The average molecular weight is 412 g/mol. The van der Waals surface area contributed by atoms with Crippen molar-refractivity contribution in [2.24, 2.45) is 5.92 Å². The summed E-state index contributed by atoms with van der Waals surface area (Å²) in [5.74, 6) is 0.879. The zero-order valence-electron chi connectivity index (χ0n) is 19.3. The van der Waals surface area contributed by atoms with Crippen molar-refractivity contribution < 1.29 is 0 Å². The molecule has 164 valence electrons. The summed E-state index contributed by atoms with van der Waals surface area (Å²) in [5, 5.41) is 12.5. The van der Waals surface area contributed by atoms with Gasteiger partial charge in [0.25, 0.3) is 0 Å². The van der Waals surface area contributed by atoms with Crippen molar-refractivity contribution in [1.29, 1.82) is 5.26 Å². The highest BCUT2D eigenvalue weighted by molar-refractivity contribution is 5.59. The fourth-order valence-corrected chi connectivity index (χ4v) is 3.62. The quantitative estimate of drug-likeness (QED) is 0.635. The molecule has 3 atom stereocenters. The van der Waals surface area contributed by atoms with Crippen molar-refractivity contribution in [3.63, 3.8) is 0 Å². The molecular weight excluding hydrogens is 374 g/mol. The van der Waals surface area contributed by atoms with Gasteiger partial charge in [-0.1, -0.05) is 6.58 Å². The molecule has 0 spiro atoms. The lowest BCUT2D eigenvalue weighted by atomic mass is 10.0. The van der Waals surface area contributed by atoms with Crippen LogP contribution in [0, 0.1) is 17.2 Å². The van der Waals surface area contributed by atoms with Crippen molar-refractivity contribution in [3.05, 3.63) is 43.0 Å². The Bertz CT molecular complexity index is 767. The van der Waals surface area contributed by atoms with E-state index in [2.05, 4.69) is 65.8 Å². The first-order valence-electron chi connectivity index (χ1n) is 10.6. The maximum atomic E-state index is 9.47. The Balaban J connectivity index is 2.44. The van der Waals surface area contributed by atoms with Gasteiger partial charge in [0.05, 0.1) is 29.9 Å². The largest absolute Gasteiger partial charge is 0.393 e. The Labute approximate surface area is 182 Å². The summed E-state index contributed by atoms with van der Waals surface area (Å²) in [6, 6.07) is 7.18. The molecule has 0 bridgehead atoms. The normalized spacial score (nSPS) is 18.3. The van der Waals surface area contributed by atoms with E-state index in [0.29, 0.717) is 12.6 Å². The van der Waals surface area contributed by atoms with Crippen molar-refractivity contribution >= 4 is 11.5 Å². The first-order valence-corrected chi connectivity index (χ1v) is 10.6. The topological polar surface area (TPSA) is 61.7 Å². The zero-order chi connectivity index (χ0) is 22.3. The molecule has 1 fully saturated rings. The van der Waals surface area contributed by atoms with E-state index in [-0.39, 0.29) is 12.0 Å². The lowest BCUT2D eigenvalue weighted by Gasteiger charge is -2.32. The number of hydrogen-bond acceptors (Lipinski definition) is 7. The summed E-state index contributed by atoms with van der Waals surface area (Å²) in [6.45, 7) is 10.6. The molecule has 0 amide bonds. The van der Waals surface area contributed by atoms with Gasteiger partial charge in [0, 0.05) is 51.7 Å². The number of hydrogen-bond donors (Lipinski definition) is 1. The van der Waals surface area contributed by atoms with Crippen LogP contribution >= 0.6 is 0 Å². The summed E-state index contributed by atoms with van der Waals surface area (Å²) in [7, 11) is 8.14. The number of likely N-dealkylation sites (N-methyl/N-ethyl adjacent to an activating group) is 1. The standard InChI is InChI=1S/C23H37N7/c1-8-28(7)17-21-22(30(14-12-25-4)19(3)18(2)15-24)9-10-23(26-21)29-13-11-20(16-29)27(5)6/h8-10,12,14,18-20,25H,1,11,13,16-17H2,2-7H3/b14-12-/t18?,19-,20+/m0/s1. The minimum Gasteiger partial charge on any atom is -0.393 e. The van der Waals surface area contributed by atoms with E-state index in [0.717, 1.165) is 36.7 Å². The van der Waals surface area contributed by atoms with Gasteiger partial charge in [-0.3, -0.25) is 0 Å². The Morgan fingerprint density at radius 3 is 2.67 bits per heavy atom. The number of anilines is 2. The highest BCUT2D eigenvalue weighted by atomic mass is 15.3. The van der Waals surface area contributed by atoms with E-state index >= 15 is 0 Å². The fourth-order valence-electron chi connectivity index (χ4n) is 3.62. The van der Waals surface area contributed by atoms with Gasteiger partial charge in [-0.2, -0.15) is 5.26 Å². The Morgan fingerprint density at radius 2 is 2.10 bits per heavy atom. The van der Waals surface area contributed by atoms with E-state index in [1.165, 1.54) is 0 Å². The second kappa shape index (κ2) is 10.9. The third kappa shape index (κ3) is 5.67. The highest BCUT2D eigenvalue weighted by Crippen LogP contribution is 2.29. The molecule has 1 N–H and O–H groups in total. The van der Waals surface area contributed by atoms with Gasteiger partial charge < -0.3 is 24.9 Å². The van der Waals surface area contributed by atoms with Gasteiger partial charge >= 0.3 is 0 Å². The molecule has 1 aliphatic heterocycles. The predicted molar refractivity (Wildman–Crippen MR) is 125 cm³/mol. The number of pyridine rings is 1. The van der Waals surface area contributed by atoms with Crippen LogP contribution in [0.5, 0.6) is 0 Å². The van der Waals surface area contributed by atoms with Crippen molar-refractivity contribution in [3.8, 4) is 6.07 Å². The second-order valence-electron chi connectivity index (χ2n) is 8.26. The van der Waals surface area contributed by atoms with Crippen LogP contribution in [0.4, 0.5) is 11.5 Å². The van der Waals surface area contributed by atoms with Gasteiger partial charge in [0.15, 0.2) is 0 Å². The highest BCUT2D eigenvalue weighted by Gasteiger charge is 2.27. The monoisotopic (exact) mass is 411 g/mol. The van der Waals surface area contributed by atoms with Crippen molar-refractivity contribution in [2.45, 2.75) is 38.9 Å². The van der Waals surface area contributed by atoms with Crippen molar-refractivity contribution in [2.75, 3.05) is 51.1 Å². The van der Waals surface area contributed by atoms with Gasteiger partial charge in [-0.05, 0) is 52.7 Å². The molecule has 2 heterocycles. The molecule has 7 heteroatoms. The van der Waals surface area contributed by atoms with Gasteiger partial charge in [0.1, 0.15) is 5.82 Å². The molecule has 7 nitrogen and oxygen atoms in total. The van der Waals surface area contributed by atoms with Crippen LogP contribution in [0.1, 0.15) is 26.0 Å². The lowest BCUT2D eigenvalue weighted by molar-refractivity contribution is 0.315. The van der Waals surface area contributed by atoms with E-state index < -0.39 is 0 Å². The molecule has 2 rings (SSSR count). The van der Waals surface area contributed by atoms with Crippen LogP contribution in [0.15, 0.2) is 37.3 Å². The summed E-state index contributed by atoms with van der Waals surface area (Å²) in [4.78, 5) is 13.9. The van der Waals surface area contributed by atoms with Crippen LogP contribution in [0.25, 0.3) is 0 Å². The van der Waals surface area contributed by atoms with Gasteiger partial charge in [-0.25, -0.2) is 4.98 Å². The molecule has 0 saturated carbocycles. The lowest BCUT2D eigenvalue weighted by Crippen LogP contribution is -2.35. The molecule has 0 radical (unpaired) electrons. The number of nitrogens with zero attached hydrogens (tertiary/aromatic N) is 6. The SMILES string of the molecule is C=CN(C)Cc1nc(N2CC[C@@H](N(C)C)C2)ccc1N(/C=C\NC)[C@@H](C)C(C)C#N. The minimum atomic E-state index is -0.129. The van der Waals surface area contributed by atoms with Crippen molar-refractivity contribution in [1.82, 2.24) is 20.1 Å². The smallest absolute Gasteiger partial charge is 0.129 e. The zero-order valence-corrected chi connectivity index (χ0v) is 19.3. The molecular formula is C23H37N7.